The van der Waals surface area contributed by atoms with Crippen molar-refractivity contribution in [2.75, 3.05) is 50.5 Å². The van der Waals surface area contributed by atoms with Crippen LogP contribution in [0.3, 0.4) is 0 Å². The van der Waals surface area contributed by atoms with E-state index in [0.717, 1.165) is 0 Å². The summed E-state index contributed by atoms with van der Waals surface area (Å²) in [5.41, 5.74) is 0.374. The molecule has 1 aliphatic rings. The van der Waals surface area contributed by atoms with Crippen molar-refractivity contribution < 1.29 is 23.5 Å². The van der Waals surface area contributed by atoms with Gasteiger partial charge in [-0.25, -0.2) is 9.18 Å². The standard InChI is InChI=1S/C17H23FN4O4/c1-12(23)19-15-10-13(4-5-14(15)18)20-17(25)22-7-3-6-21(8-9-22)16(24)11-26-2/h4-5,10H,3,6-9,11H2,1-2H3,(H,19,23)(H,20,25). The lowest BCUT2D eigenvalue weighted by molar-refractivity contribution is -0.135. The van der Waals surface area contributed by atoms with E-state index in [1.807, 2.05) is 0 Å². The molecule has 1 saturated heterocycles. The topological polar surface area (TPSA) is 91.0 Å². The van der Waals surface area contributed by atoms with Gasteiger partial charge in [-0.3, -0.25) is 9.59 Å². The first kappa shape index (κ1) is 19.6. The molecule has 1 aromatic carbocycles. The first-order valence-corrected chi connectivity index (χ1v) is 8.30. The van der Waals surface area contributed by atoms with Crippen LogP contribution in [-0.2, 0) is 14.3 Å². The summed E-state index contributed by atoms with van der Waals surface area (Å²) in [5, 5.41) is 5.06. The van der Waals surface area contributed by atoms with E-state index < -0.39 is 11.7 Å². The molecule has 2 N–H and O–H groups in total. The monoisotopic (exact) mass is 366 g/mol. The highest BCUT2D eigenvalue weighted by atomic mass is 19.1. The number of benzene rings is 1. The molecule has 1 aromatic rings. The maximum Gasteiger partial charge on any atom is 0.321 e. The van der Waals surface area contributed by atoms with Gasteiger partial charge in [-0.2, -0.15) is 0 Å². The van der Waals surface area contributed by atoms with Crippen LogP contribution < -0.4 is 10.6 Å². The van der Waals surface area contributed by atoms with Gasteiger partial charge in [0.1, 0.15) is 12.4 Å². The fraction of sp³-hybridized carbons (Fsp3) is 0.471. The van der Waals surface area contributed by atoms with Crippen molar-refractivity contribution in [3.05, 3.63) is 24.0 Å². The summed E-state index contributed by atoms with van der Waals surface area (Å²) in [6.45, 7) is 3.18. The molecule has 0 bridgehead atoms. The average Bonchev–Trinajstić information content (AvgIpc) is 2.84. The van der Waals surface area contributed by atoms with Crippen LogP contribution in [0.1, 0.15) is 13.3 Å². The minimum absolute atomic E-state index is 0.00232. The Balaban J connectivity index is 1.97. The Kier molecular flexibility index (Phi) is 6.90. The fourth-order valence-corrected chi connectivity index (χ4v) is 2.68. The summed E-state index contributed by atoms with van der Waals surface area (Å²) >= 11 is 0. The molecule has 0 aliphatic carbocycles. The third-order valence-corrected chi connectivity index (χ3v) is 3.93. The number of carbonyl (C=O) groups excluding carboxylic acids is 3. The molecule has 9 heteroatoms. The number of hydrogen-bond donors (Lipinski definition) is 2. The Bertz CT molecular complexity index is 683. The highest BCUT2D eigenvalue weighted by molar-refractivity contribution is 5.92. The number of carbonyl (C=O) groups is 3. The highest BCUT2D eigenvalue weighted by Gasteiger charge is 2.22. The number of rotatable bonds is 4. The molecule has 4 amide bonds. The highest BCUT2D eigenvalue weighted by Crippen LogP contribution is 2.20. The fourth-order valence-electron chi connectivity index (χ4n) is 2.68. The Morgan fingerprint density at radius 1 is 1.12 bits per heavy atom. The molecule has 0 unspecified atom stereocenters. The van der Waals surface area contributed by atoms with Crippen LogP contribution in [0.2, 0.25) is 0 Å². The molecule has 0 atom stereocenters. The molecular weight excluding hydrogens is 343 g/mol. The van der Waals surface area contributed by atoms with Gasteiger partial charge in [0.15, 0.2) is 0 Å². The molecule has 0 saturated carbocycles. The lowest BCUT2D eigenvalue weighted by Gasteiger charge is -2.22. The first-order valence-electron chi connectivity index (χ1n) is 8.30. The molecule has 8 nitrogen and oxygen atoms in total. The number of ether oxygens (including phenoxy) is 1. The maximum atomic E-state index is 13.7. The van der Waals surface area contributed by atoms with Gasteiger partial charge < -0.3 is 25.2 Å². The summed E-state index contributed by atoms with van der Waals surface area (Å²) in [6, 6.07) is 3.62. The van der Waals surface area contributed by atoms with Crippen molar-refractivity contribution >= 4 is 29.2 Å². The minimum Gasteiger partial charge on any atom is -0.375 e. The smallest absolute Gasteiger partial charge is 0.321 e. The van der Waals surface area contributed by atoms with Crippen molar-refractivity contribution in [2.45, 2.75) is 13.3 Å². The van der Waals surface area contributed by atoms with Crippen LogP contribution in [0, 0.1) is 5.82 Å². The van der Waals surface area contributed by atoms with E-state index in [1.54, 1.807) is 9.80 Å². The van der Waals surface area contributed by atoms with Gasteiger partial charge in [0, 0.05) is 45.9 Å². The third-order valence-electron chi connectivity index (χ3n) is 3.93. The number of nitrogens with zero attached hydrogens (tertiary/aromatic N) is 2. The van der Waals surface area contributed by atoms with Gasteiger partial charge in [-0.05, 0) is 24.6 Å². The molecule has 1 heterocycles. The second-order valence-corrected chi connectivity index (χ2v) is 5.96. The number of amides is 4. The predicted molar refractivity (Wildman–Crippen MR) is 94.4 cm³/mol. The average molecular weight is 366 g/mol. The van der Waals surface area contributed by atoms with E-state index in [9.17, 15) is 18.8 Å². The Morgan fingerprint density at radius 2 is 1.81 bits per heavy atom. The van der Waals surface area contributed by atoms with Crippen LogP contribution in [0.15, 0.2) is 18.2 Å². The van der Waals surface area contributed by atoms with E-state index in [4.69, 9.17) is 4.74 Å². The molecule has 1 fully saturated rings. The number of urea groups is 1. The van der Waals surface area contributed by atoms with E-state index in [0.29, 0.717) is 38.3 Å². The molecule has 142 valence electrons. The van der Waals surface area contributed by atoms with Gasteiger partial charge >= 0.3 is 6.03 Å². The van der Waals surface area contributed by atoms with E-state index in [1.165, 1.54) is 32.2 Å². The summed E-state index contributed by atoms with van der Waals surface area (Å²) in [7, 11) is 1.47. The number of hydrogen-bond acceptors (Lipinski definition) is 4. The quantitative estimate of drug-likeness (QED) is 0.845. The van der Waals surface area contributed by atoms with Crippen LogP contribution >= 0.6 is 0 Å². The predicted octanol–water partition coefficient (Wildman–Crippen LogP) is 1.50. The van der Waals surface area contributed by atoms with Crippen molar-refractivity contribution in [2.24, 2.45) is 0 Å². The lowest BCUT2D eigenvalue weighted by atomic mass is 10.2. The largest absolute Gasteiger partial charge is 0.375 e. The SMILES string of the molecule is COCC(=O)N1CCCN(C(=O)Nc2ccc(F)c(NC(C)=O)c2)CC1. The van der Waals surface area contributed by atoms with Crippen molar-refractivity contribution in [3.8, 4) is 0 Å². The zero-order valence-electron chi connectivity index (χ0n) is 14.9. The van der Waals surface area contributed by atoms with Crippen molar-refractivity contribution in [1.29, 1.82) is 0 Å². The summed E-state index contributed by atoms with van der Waals surface area (Å²) in [5.74, 6) is -1.09. The van der Waals surface area contributed by atoms with Crippen LogP contribution in [0.25, 0.3) is 0 Å². The molecule has 26 heavy (non-hydrogen) atoms. The zero-order chi connectivity index (χ0) is 19.1. The number of halogens is 1. The van der Waals surface area contributed by atoms with E-state index >= 15 is 0 Å². The number of methoxy groups -OCH3 is 1. The summed E-state index contributed by atoms with van der Waals surface area (Å²) < 4.78 is 18.5. The molecule has 2 rings (SSSR count). The Morgan fingerprint density at radius 3 is 2.50 bits per heavy atom. The lowest BCUT2D eigenvalue weighted by Crippen LogP contribution is -2.40. The number of anilines is 2. The van der Waals surface area contributed by atoms with Gasteiger partial charge in [0.2, 0.25) is 11.8 Å². The summed E-state index contributed by atoms with van der Waals surface area (Å²) in [4.78, 5) is 38.7. The van der Waals surface area contributed by atoms with E-state index in [2.05, 4.69) is 10.6 Å². The van der Waals surface area contributed by atoms with Gasteiger partial charge in [0.25, 0.3) is 0 Å². The molecule has 1 aliphatic heterocycles. The van der Waals surface area contributed by atoms with Crippen LogP contribution in [-0.4, -0.2) is 67.5 Å². The van der Waals surface area contributed by atoms with Gasteiger partial charge in [-0.15, -0.1) is 0 Å². The van der Waals surface area contributed by atoms with Crippen LogP contribution in [0.4, 0.5) is 20.6 Å². The third kappa shape index (κ3) is 5.41. The normalized spacial score (nSPS) is 14.6. The van der Waals surface area contributed by atoms with Crippen molar-refractivity contribution in [3.63, 3.8) is 0 Å². The van der Waals surface area contributed by atoms with Gasteiger partial charge in [-0.1, -0.05) is 0 Å². The van der Waals surface area contributed by atoms with Crippen molar-refractivity contribution in [1.82, 2.24) is 9.80 Å². The Hall–Kier alpha value is -2.68. The molecule has 0 spiro atoms. The van der Waals surface area contributed by atoms with Gasteiger partial charge in [0.05, 0.1) is 5.69 Å². The summed E-state index contributed by atoms with van der Waals surface area (Å²) in [6.07, 6.45) is 0.656. The first-order chi connectivity index (χ1) is 12.4. The second-order valence-electron chi connectivity index (χ2n) is 5.96. The zero-order valence-corrected chi connectivity index (χ0v) is 14.9. The molecular formula is C17H23FN4O4. The second kappa shape index (κ2) is 9.14. The Labute approximate surface area is 151 Å². The minimum atomic E-state index is -0.583. The maximum absolute atomic E-state index is 13.7. The number of nitrogens with one attached hydrogen (secondary N) is 2. The molecule has 0 radical (unpaired) electrons. The molecule has 0 aromatic heterocycles. The van der Waals surface area contributed by atoms with E-state index in [-0.39, 0.29) is 24.2 Å². The van der Waals surface area contributed by atoms with Crippen LogP contribution in [0.5, 0.6) is 0 Å².